The fourth-order valence-electron chi connectivity index (χ4n) is 2.14. The molecule has 0 spiro atoms. The predicted molar refractivity (Wildman–Crippen MR) is 81.7 cm³/mol. The van der Waals surface area contributed by atoms with Crippen molar-refractivity contribution in [3.05, 3.63) is 67.6 Å². The SMILES string of the molecule is CC1=CC=C[N+]([O-])(c2cc([N+](=O)[O-])cc([N+](=O)[O-])c2)C1=S(=O)=O. The van der Waals surface area contributed by atoms with Crippen molar-refractivity contribution in [2.45, 2.75) is 6.92 Å². The second-order valence-corrected chi connectivity index (χ2v) is 5.47. The minimum atomic E-state index is -2.92. The highest BCUT2D eigenvalue weighted by Crippen LogP contribution is 2.35. The molecule has 0 amide bonds. The molecule has 0 N–H and O–H groups in total. The van der Waals surface area contributed by atoms with Crippen LogP contribution in [0.3, 0.4) is 0 Å². The number of quaternary nitrogens is 1. The highest BCUT2D eigenvalue weighted by Gasteiger charge is 2.34. The zero-order valence-corrected chi connectivity index (χ0v) is 12.4. The molecule has 1 aliphatic heterocycles. The van der Waals surface area contributed by atoms with E-state index in [4.69, 9.17) is 0 Å². The molecule has 0 aromatic heterocycles. The van der Waals surface area contributed by atoms with Crippen molar-refractivity contribution in [2.75, 3.05) is 0 Å². The number of hydrogen-bond donors (Lipinski definition) is 0. The van der Waals surface area contributed by atoms with Crippen molar-refractivity contribution >= 4 is 32.3 Å². The third kappa shape index (κ3) is 2.88. The van der Waals surface area contributed by atoms with Crippen LogP contribution in [0, 0.1) is 25.4 Å². The Balaban J connectivity index is 2.81. The van der Waals surface area contributed by atoms with Gasteiger partial charge in [-0.2, -0.15) is 8.42 Å². The largest absolute Gasteiger partial charge is 0.616 e. The minimum absolute atomic E-state index is 0.130. The van der Waals surface area contributed by atoms with Gasteiger partial charge in [-0.25, -0.2) is 0 Å². The van der Waals surface area contributed by atoms with E-state index in [1.165, 1.54) is 19.1 Å². The van der Waals surface area contributed by atoms with Crippen LogP contribution in [-0.2, 0) is 10.3 Å². The van der Waals surface area contributed by atoms with Gasteiger partial charge in [0.05, 0.1) is 28.0 Å². The van der Waals surface area contributed by atoms with Crippen LogP contribution in [0.15, 0.2) is 42.1 Å². The fraction of sp³-hybridized carbons (Fsp3) is 0.0833. The summed E-state index contributed by atoms with van der Waals surface area (Å²) in [5.74, 6) is 0. The molecule has 1 unspecified atom stereocenters. The number of nitrogens with zero attached hydrogens (tertiary/aromatic N) is 3. The van der Waals surface area contributed by atoms with Gasteiger partial charge in [0.15, 0.2) is 5.69 Å². The van der Waals surface area contributed by atoms with Gasteiger partial charge in [-0.3, -0.25) is 24.9 Å². The molecule has 0 saturated carbocycles. The van der Waals surface area contributed by atoms with Gasteiger partial charge >= 0.3 is 0 Å². The van der Waals surface area contributed by atoms with Gasteiger partial charge < -0.3 is 5.21 Å². The third-order valence-electron chi connectivity index (χ3n) is 3.13. The normalized spacial score (nSPS) is 20.1. The molecule has 0 aliphatic carbocycles. The lowest BCUT2D eigenvalue weighted by Gasteiger charge is -2.38. The van der Waals surface area contributed by atoms with Gasteiger partial charge in [0.2, 0.25) is 0 Å². The van der Waals surface area contributed by atoms with E-state index in [1.807, 2.05) is 0 Å². The summed E-state index contributed by atoms with van der Waals surface area (Å²) in [6.45, 7) is 1.38. The first-order valence-electron chi connectivity index (χ1n) is 6.04. The number of benzene rings is 1. The molecular weight excluding hydrogens is 330 g/mol. The topological polar surface area (TPSA) is 143 Å². The smallest absolute Gasteiger partial charge is 0.282 e. The van der Waals surface area contributed by atoms with Crippen LogP contribution in [0.2, 0.25) is 0 Å². The first kappa shape index (κ1) is 16.5. The predicted octanol–water partition coefficient (Wildman–Crippen LogP) is 1.79. The molecule has 2 rings (SSSR count). The molecular formula is C12H9N3O7S. The van der Waals surface area contributed by atoms with E-state index >= 15 is 0 Å². The van der Waals surface area contributed by atoms with Gasteiger partial charge in [0, 0.05) is 5.57 Å². The molecule has 0 radical (unpaired) electrons. The van der Waals surface area contributed by atoms with Gasteiger partial charge in [0.25, 0.3) is 26.7 Å². The Hall–Kier alpha value is -2.89. The Morgan fingerprint density at radius 1 is 1.04 bits per heavy atom. The van der Waals surface area contributed by atoms with Crippen LogP contribution in [-0.4, -0.2) is 23.3 Å². The van der Waals surface area contributed by atoms with E-state index in [2.05, 4.69) is 0 Å². The zero-order chi connectivity index (χ0) is 17.4. The van der Waals surface area contributed by atoms with E-state index < -0.39 is 46.8 Å². The number of hydrogen-bond acceptors (Lipinski definition) is 7. The minimum Gasteiger partial charge on any atom is -0.616 e. The standard InChI is InChI=1S/C12H9N3O7S/c1-8-3-2-4-15(20,12(8)23(21)22)11-6-9(13(16)17)5-10(7-11)14(18)19/h2-7H,1H3. The van der Waals surface area contributed by atoms with Crippen molar-refractivity contribution in [3.8, 4) is 0 Å². The first-order valence-corrected chi connectivity index (χ1v) is 7.12. The Bertz CT molecular complexity index is 876. The fourth-order valence-corrected chi connectivity index (χ4v) is 2.86. The van der Waals surface area contributed by atoms with Crippen LogP contribution in [0.25, 0.3) is 0 Å². The second kappa shape index (κ2) is 5.72. The number of hydroxylamine groups is 2. The van der Waals surface area contributed by atoms with Crippen molar-refractivity contribution in [2.24, 2.45) is 0 Å². The lowest BCUT2D eigenvalue weighted by Crippen LogP contribution is -2.46. The van der Waals surface area contributed by atoms with E-state index in [0.717, 1.165) is 18.3 Å². The molecule has 1 aromatic carbocycles. The van der Waals surface area contributed by atoms with E-state index in [1.54, 1.807) is 0 Å². The average molecular weight is 339 g/mol. The third-order valence-corrected chi connectivity index (χ3v) is 4.04. The Kier molecular flexibility index (Phi) is 4.10. The highest BCUT2D eigenvalue weighted by atomic mass is 32.2. The lowest BCUT2D eigenvalue weighted by atomic mass is 10.1. The van der Waals surface area contributed by atoms with Crippen molar-refractivity contribution < 1.29 is 18.3 Å². The Morgan fingerprint density at radius 3 is 2.00 bits per heavy atom. The molecule has 120 valence electrons. The summed E-state index contributed by atoms with van der Waals surface area (Å²) < 4.78 is 21.1. The Labute approximate surface area is 130 Å². The van der Waals surface area contributed by atoms with E-state index in [0.29, 0.717) is 6.07 Å². The average Bonchev–Trinajstić information content (AvgIpc) is 2.46. The molecule has 0 saturated heterocycles. The maximum absolute atomic E-state index is 13.0. The number of allylic oxidation sites excluding steroid dienone is 2. The molecule has 0 fully saturated rings. The number of nitro benzene ring substituents is 2. The summed E-state index contributed by atoms with van der Waals surface area (Å²) in [4.78, 5) is 19.4. The summed E-state index contributed by atoms with van der Waals surface area (Å²) in [5.41, 5.74) is -1.68. The maximum atomic E-state index is 13.0. The number of nitro groups is 2. The summed E-state index contributed by atoms with van der Waals surface area (Å²) in [6, 6.07) is 2.32. The molecule has 10 nitrogen and oxygen atoms in total. The molecule has 1 aromatic rings. The molecule has 1 heterocycles. The summed E-state index contributed by atoms with van der Waals surface area (Å²) >= 11 is 0. The van der Waals surface area contributed by atoms with Crippen LogP contribution >= 0.6 is 0 Å². The molecule has 0 bridgehead atoms. The van der Waals surface area contributed by atoms with Gasteiger partial charge in [-0.05, 0) is 19.1 Å². The molecule has 1 aliphatic rings. The first-order chi connectivity index (χ1) is 10.7. The van der Waals surface area contributed by atoms with E-state index in [-0.39, 0.29) is 5.57 Å². The molecule has 1 atom stereocenters. The maximum Gasteiger partial charge on any atom is 0.282 e. The molecule has 23 heavy (non-hydrogen) atoms. The van der Waals surface area contributed by atoms with E-state index in [9.17, 15) is 33.9 Å². The van der Waals surface area contributed by atoms with Crippen LogP contribution in [0.1, 0.15) is 6.92 Å². The monoisotopic (exact) mass is 339 g/mol. The van der Waals surface area contributed by atoms with Crippen molar-refractivity contribution in [3.63, 3.8) is 0 Å². The second-order valence-electron chi connectivity index (χ2n) is 4.61. The number of non-ortho nitro benzene ring substituents is 2. The van der Waals surface area contributed by atoms with Crippen LogP contribution in [0.4, 0.5) is 17.1 Å². The van der Waals surface area contributed by atoms with Gasteiger partial charge in [-0.1, -0.05) is 0 Å². The summed E-state index contributed by atoms with van der Waals surface area (Å²) in [7, 11) is -2.92. The van der Waals surface area contributed by atoms with Crippen molar-refractivity contribution in [1.82, 2.24) is 4.65 Å². The highest BCUT2D eigenvalue weighted by molar-refractivity contribution is 7.73. The summed E-state index contributed by atoms with van der Waals surface area (Å²) in [6.07, 6.45) is 3.59. The van der Waals surface area contributed by atoms with Crippen molar-refractivity contribution in [1.29, 1.82) is 0 Å². The summed E-state index contributed by atoms with van der Waals surface area (Å²) in [5, 5.41) is 34.8. The Morgan fingerprint density at radius 2 is 1.57 bits per heavy atom. The van der Waals surface area contributed by atoms with Crippen LogP contribution in [0.5, 0.6) is 0 Å². The quantitative estimate of drug-likeness (QED) is 0.268. The van der Waals surface area contributed by atoms with Gasteiger partial charge in [0.1, 0.15) is 6.20 Å². The molecule has 11 heteroatoms. The van der Waals surface area contributed by atoms with Gasteiger partial charge in [-0.15, -0.1) is 0 Å². The zero-order valence-electron chi connectivity index (χ0n) is 11.6. The number of rotatable bonds is 3. The van der Waals surface area contributed by atoms with Crippen LogP contribution < -0.4 is 4.65 Å². The lowest BCUT2D eigenvalue weighted by molar-refractivity contribution is -0.394.